The summed E-state index contributed by atoms with van der Waals surface area (Å²) in [7, 11) is 0. The van der Waals surface area contributed by atoms with E-state index in [-0.39, 0.29) is 0 Å². The normalized spacial score (nSPS) is 10.8. The molecule has 0 radical (unpaired) electrons. The molecule has 0 amide bonds. The van der Waals surface area contributed by atoms with Gasteiger partial charge in [0.25, 0.3) is 0 Å². The second-order valence-corrected chi connectivity index (χ2v) is 4.25. The summed E-state index contributed by atoms with van der Waals surface area (Å²) in [5, 5.41) is 9.06. The van der Waals surface area contributed by atoms with Gasteiger partial charge in [0.05, 0.1) is 18.3 Å². The van der Waals surface area contributed by atoms with Gasteiger partial charge in [0.2, 0.25) is 5.89 Å². The molecule has 0 aromatic carbocycles. The Bertz CT molecular complexity index is 581. The molecule has 0 atom stereocenters. The molecule has 5 nitrogen and oxygen atoms in total. The van der Waals surface area contributed by atoms with Gasteiger partial charge < -0.3 is 14.1 Å². The summed E-state index contributed by atoms with van der Waals surface area (Å²) in [6.07, 6.45) is 2.51. The van der Waals surface area contributed by atoms with Gasteiger partial charge >= 0.3 is 5.97 Å². The van der Waals surface area contributed by atoms with Crippen LogP contribution in [0.15, 0.2) is 16.7 Å². The minimum Gasteiger partial charge on any atom is -0.478 e. The Morgan fingerprint density at radius 2 is 2.22 bits per heavy atom. The Morgan fingerprint density at radius 3 is 2.72 bits per heavy atom. The molecular weight excluding hydrogens is 232 g/mol. The summed E-state index contributed by atoms with van der Waals surface area (Å²) < 4.78 is 7.43. The highest BCUT2D eigenvalue weighted by molar-refractivity contribution is 5.89. The first kappa shape index (κ1) is 12.4. The molecule has 0 spiro atoms. The third-order valence-electron chi connectivity index (χ3n) is 3.05. The molecular formula is C13H16N2O3. The van der Waals surface area contributed by atoms with Crippen molar-refractivity contribution in [1.82, 2.24) is 9.55 Å². The van der Waals surface area contributed by atoms with Crippen LogP contribution in [0.3, 0.4) is 0 Å². The molecule has 18 heavy (non-hydrogen) atoms. The Balaban J connectivity index is 2.31. The van der Waals surface area contributed by atoms with E-state index < -0.39 is 5.97 Å². The van der Waals surface area contributed by atoms with Gasteiger partial charge in [0.1, 0.15) is 5.76 Å². The lowest BCUT2D eigenvalue weighted by Crippen LogP contribution is -2.06. The maximum Gasteiger partial charge on any atom is 0.337 e. The van der Waals surface area contributed by atoms with E-state index >= 15 is 0 Å². The van der Waals surface area contributed by atoms with E-state index in [9.17, 15) is 4.79 Å². The summed E-state index contributed by atoms with van der Waals surface area (Å²) >= 11 is 0. The first-order chi connectivity index (χ1) is 8.52. The largest absolute Gasteiger partial charge is 0.478 e. The number of nitrogens with zero attached hydrogens (tertiary/aromatic N) is 2. The lowest BCUT2D eigenvalue weighted by molar-refractivity contribution is 0.0696. The number of carboxylic acid groups (broad SMARTS) is 1. The number of rotatable bonds is 4. The molecule has 0 saturated heterocycles. The Hall–Kier alpha value is -2.04. The van der Waals surface area contributed by atoms with Gasteiger partial charge in [-0.3, -0.25) is 0 Å². The monoisotopic (exact) mass is 248 g/mol. The van der Waals surface area contributed by atoms with Crippen molar-refractivity contribution in [3.63, 3.8) is 0 Å². The fourth-order valence-electron chi connectivity index (χ4n) is 1.98. The summed E-state index contributed by atoms with van der Waals surface area (Å²) in [6.45, 7) is 6.13. The molecule has 0 bridgehead atoms. The second-order valence-electron chi connectivity index (χ2n) is 4.25. The lowest BCUT2D eigenvalue weighted by Gasteiger charge is -2.06. The number of carboxylic acids is 1. The van der Waals surface area contributed by atoms with Gasteiger partial charge in [0.15, 0.2) is 0 Å². The number of aromatic carboxylic acids is 1. The van der Waals surface area contributed by atoms with Gasteiger partial charge in [-0.2, -0.15) is 0 Å². The van der Waals surface area contributed by atoms with Crippen LogP contribution in [0.4, 0.5) is 0 Å². The molecule has 0 aliphatic heterocycles. The summed E-state index contributed by atoms with van der Waals surface area (Å²) in [4.78, 5) is 15.2. The second kappa shape index (κ2) is 4.68. The van der Waals surface area contributed by atoms with Crippen molar-refractivity contribution in [2.45, 2.75) is 33.7 Å². The zero-order valence-corrected chi connectivity index (χ0v) is 10.7. The van der Waals surface area contributed by atoms with Crippen molar-refractivity contribution in [2.24, 2.45) is 0 Å². The number of aromatic nitrogens is 2. The molecule has 0 aliphatic carbocycles. The first-order valence-corrected chi connectivity index (χ1v) is 5.86. The summed E-state index contributed by atoms with van der Waals surface area (Å²) in [6, 6.07) is 1.67. The fraction of sp³-hybridized carbons (Fsp3) is 0.385. The van der Waals surface area contributed by atoms with E-state index in [2.05, 4.69) is 4.98 Å². The molecule has 1 N–H and O–H groups in total. The average molecular weight is 248 g/mol. The van der Waals surface area contributed by atoms with Crippen LogP contribution in [0.5, 0.6) is 0 Å². The topological polar surface area (TPSA) is 68.3 Å². The van der Waals surface area contributed by atoms with Crippen LogP contribution in [0, 0.1) is 13.8 Å². The van der Waals surface area contributed by atoms with Gasteiger partial charge in [-0.25, -0.2) is 9.78 Å². The van der Waals surface area contributed by atoms with E-state index in [0.717, 1.165) is 23.6 Å². The van der Waals surface area contributed by atoms with E-state index in [1.54, 1.807) is 19.2 Å². The number of oxazole rings is 1. The average Bonchev–Trinajstić information content (AvgIpc) is 2.88. The van der Waals surface area contributed by atoms with Gasteiger partial charge in [-0.15, -0.1) is 0 Å². The molecule has 0 aliphatic rings. The smallest absolute Gasteiger partial charge is 0.337 e. The molecule has 96 valence electrons. The molecule has 2 rings (SSSR count). The highest BCUT2D eigenvalue weighted by Gasteiger charge is 2.15. The molecule has 0 unspecified atom stereocenters. The third kappa shape index (κ3) is 2.16. The van der Waals surface area contributed by atoms with E-state index in [1.165, 1.54) is 0 Å². The Kier molecular flexibility index (Phi) is 3.23. The SMILES string of the molecule is CCc1cnc(Cn2c(C)cc(C(=O)O)c2C)o1. The van der Waals surface area contributed by atoms with Gasteiger partial charge in [-0.05, 0) is 19.9 Å². The summed E-state index contributed by atoms with van der Waals surface area (Å²) in [5.41, 5.74) is 1.94. The van der Waals surface area contributed by atoms with Crippen LogP contribution in [-0.2, 0) is 13.0 Å². The fourth-order valence-corrected chi connectivity index (χ4v) is 1.98. The molecule has 0 fully saturated rings. The summed E-state index contributed by atoms with van der Waals surface area (Å²) in [5.74, 6) is 0.535. The van der Waals surface area contributed by atoms with E-state index in [1.807, 2.05) is 18.4 Å². The first-order valence-electron chi connectivity index (χ1n) is 5.86. The Labute approximate surface area is 105 Å². The van der Waals surface area contributed by atoms with Crippen molar-refractivity contribution in [2.75, 3.05) is 0 Å². The number of carbonyl (C=O) groups is 1. The number of hydrogen-bond donors (Lipinski definition) is 1. The molecule has 0 saturated carbocycles. The number of hydrogen-bond acceptors (Lipinski definition) is 3. The van der Waals surface area contributed by atoms with Crippen molar-refractivity contribution < 1.29 is 14.3 Å². The van der Waals surface area contributed by atoms with Crippen molar-refractivity contribution in [1.29, 1.82) is 0 Å². The standard InChI is InChI=1S/C13H16N2O3/c1-4-10-6-14-12(18-10)7-15-8(2)5-11(9(15)3)13(16)17/h5-6H,4,7H2,1-3H3,(H,16,17). The number of aryl methyl sites for hydroxylation is 2. The predicted octanol–water partition coefficient (Wildman–Crippen LogP) is 2.40. The van der Waals surface area contributed by atoms with Crippen LogP contribution in [0.2, 0.25) is 0 Å². The quantitative estimate of drug-likeness (QED) is 0.902. The minimum atomic E-state index is -0.906. The highest BCUT2D eigenvalue weighted by Crippen LogP contribution is 2.17. The van der Waals surface area contributed by atoms with Crippen molar-refractivity contribution in [3.05, 3.63) is 40.9 Å². The molecule has 2 aromatic rings. The molecule has 2 heterocycles. The van der Waals surface area contributed by atoms with E-state index in [4.69, 9.17) is 9.52 Å². The van der Waals surface area contributed by atoms with Crippen molar-refractivity contribution in [3.8, 4) is 0 Å². The Morgan fingerprint density at radius 1 is 1.50 bits per heavy atom. The van der Waals surface area contributed by atoms with Crippen LogP contribution >= 0.6 is 0 Å². The predicted molar refractivity (Wildman–Crippen MR) is 65.8 cm³/mol. The molecule has 2 aromatic heterocycles. The molecule has 5 heteroatoms. The zero-order valence-electron chi connectivity index (χ0n) is 10.7. The highest BCUT2D eigenvalue weighted by atomic mass is 16.4. The van der Waals surface area contributed by atoms with Crippen LogP contribution in [0.1, 0.15) is 40.3 Å². The maximum atomic E-state index is 11.0. The third-order valence-corrected chi connectivity index (χ3v) is 3.05. The van der Waals surface area contributed by atoms with E-state index in [0.29, 0.717) is 18.0 Å². The lowest BCUT2D eigenvalue weighted by atomic mass is 10.2. The van der Waals surface area contributed by atoms with Gasteiger partial charge in [-0.1, -0.05) is 6.92 Å². The van der Waals surface area contributed by atoms with Crippen LogP contribution in [0.25, 0.3) is 0 Å². The minimum absolute atomic E-state index is 0.328. The maximum absolute atomic E-state index is 11.0. The zero-order chi connectivity index (χ0) is 13.3. The van der Waals surface area contributed by atoms with Crippen LogP contribution in [-0.4, -0.2) is 20.6 Å². The van der Waals surface area contributed by atoms with Crippen LogP contribution < -0.4 is 0 Å². The van der Waals surface area contributed by atoms with Crippen molar-refractivity contribution >= 4 is 5.97 Å². The van der Waals surface area contributed by atoms with Gasteiger partial charge in [0, 0.05) is 17.8 Å².